The van der Waals surface area contributed by atoms with Crippen molar-refractivity contribution in [2.75, 3.05) is 25.3 Å². The van der Waals surface area contributed by atoms with E-state index in [1.807, 2.05) is 45.5 Å². The molecule has 0 aliphatic heterocycles. The van der Waals surface area contributed by atoms with Gasteiger partial charge in [-0.3, -0.25) is 0 Å². The minimum absolute atomic E-state index is 0.0578. The second-order valence-corrected chi connectivity index (χ2v) is 7.71. The van der Waals surface area contributed by atoms with Crippen LogP contribution in [-0.4, -0.2) is 28.8 Å². The van der Waals surface area contributed by atoms with Crippen LogP contribution in [-0.2, 0) is 10.0 Å². The third-order valence-corrected chi connectivity index (χ3v) is 5.14. The molecular formula is C16H20N2O3S2. The molecule has 0 aliphatic carbocycles. The van der Waals surface area contributed by atoms with Crippen LogP contribution in [0.4, 0.5) is 5.69 Å². The van der Waals surface area contributed by atoms with Crippen LogP contribution in [0.2, 0.25) is 0 Å². The summed E-state index contributed by atoms with van der Waals surface area (Å²) in [6.07, 6.45) is 2.03. The maximum atomic E-state index is 11.5. The number of aryl methyl sites for hydroxylation is 1. The number of nitrogens with zero attached hydrogens (tertiary/aromatic N) is 1. The first-order chi connectivity index (χ1) is 10.7. The highest BCUT2D eigenvalue weighted by atomic mass is 32.2. The van der Waals surface area contributed by atoms with Gasteiger partial charge in [0.2, 0.25) is 10.0 Å². The number of rotatable bonds is 5. The summed E-state index contributed by atoms with van der Waals surface area (Å²) in [6, 6.07) is 10.4. The van der Waals surface area contributed by atoms with Gasteiger partial charge in [-0.1, -0.05) is 0 Å². The number of hydrogen-bond acceptors (Lipinski definition) is 5. The lowest BCUT2D eigenvalue weighted by Gasteiger charge is -2.19. The van der Waals surface area contributed by atoms with E-state index >= 15 is 0 Å². The van der Waals surface area contributed by atoms with E-state index in [0.29, 0.717) is 17.2 Å². The van der Waals surface area contributed by atoms with Gasteiger partial charge in [0.15, 0.2) is 5.75 Å². The number of ether oxygens (including phenoxy) is 1. The number of anilines is 1. The van der Waals surface area contributed by atoms with Crippen molar-refractivity contribution < 1.29 is 13.2 Å². The molecule has 7 heteroatoms. The molecule has 0 saturated carbocycles. The van der Waals surface area contributed by atoms with E-state index in [1.165, 1.54) is 17.0 Å². The fourth-order valence-corrected chi connectivity index (χ4v) is 3.27. The van der Waals surface area contributed by atoms with Crippen LogP contribution in [0.1, 0.15) is 5.56 Å². The topological polar surface area (TPSA) is 72.6 Å². The minimum Gasteiger partial charge on any atom is -0.455 e. The van der Waals surface area contributed by atoms with E-state index in [9.17, 15) is 8.42 Å². The highest BCUT2D eigenvalue weighted by Crippen LogP contribution is 2.34. The SMILES string of the molecule is CSc1ccc(Oc2ccc(S(N)(=O)=O)cc2N(C)C)cc1C. The van der Waals surface area contributed by atoms with Crippen molar-refractivity contribution in [1.29, 1.82) is 0 Å². The largest absolute Gasteiger partial charge is 0.455 e. The molecule has 0 amide bonds. The molecule has 2 N–H and O–H groups in total. The highest BCUT2D eigenvalue weighted by molar-refractivity contribution is 7.98. The van der Waals surface area contributed by atoms with Crippen molar-refractivity contribution in [3.8, 4) is 11.5 Å². The molecule has 23 heavy (non-hydrogen) atoms. The van der Waals surface area contributed by atoms with Crippen molar-refractivity contribution in [2.24, 2.45) is 5.14 Å². The standard InChI is InChI=1S/C16H20N2O3S2/c1-11-9-12(5-8-16(11)22-4)21-15-7-6-13(23(17,19)20)10-14(15)18(2)3/h5-10H,1-4H3,(H2,17,19,20). The van der Waals surface area contributed by atoms with Crippen LogP contribution in [0.3, 0.4) is 0 Å². The second-order valence-electron chi connectivity index (χ2n) is 5.30. The van der Waals surface area contributed by atoms with Crippen molar-refractivity contribution in [3.63, 3.8) is 0 Å². The van der Waals surface area contributed by atoms with Gasteiger partial charge < -0.3 is 9.64 Å². The van der Waals surface area contributed by atoms with E-state index in [-0.39, 0.29) is 4.90 Å². The van der Waals surface area contributed by atoms with E-state index in [4.69, 9.17) is 9.88 Å². The lowest BCUT2D eigenvalue weighted by molar-refractivity contribution is 0.481. The van der Waals surface area contributed by atoms with Crippen molar-refractivity contribution in [1.82, 2.24) is 0 Å². The number of primary sulfonamides is 1. The Morgan fingerprint density at radius 1 is 1.13 bits per heavy atom. The number of benzene rings is 2. The summed E-state index contributed by atoms with van der Waals surface area (Å²) in [7, 11) is -0.116. The number of nitrogens with two attached hydrogens (primary N) is 1. The summed E-state index contributed by atoms with van der Waals surface area (Å²) in [5.41, 5.74) is 1.77. The van der Waals surface area contributed by atoms with Crippen LogP contribution < -0.4 is 14.8 Å². The number of sulfonamides is 1. The molecule has 2 aromatic carbocycles. The summed E-state index contributed by atoms with van der Waals surface area (Å²) in [5.74, 6) is 1.27. The number of thioether (sulfide) groups is 1. The quantitative estimate of drug-likeness (QED) is 0.837. The van der Waals surface area contributed by atoms with Gasteiger partial charge in [-0.2, -0.15) is 0 Å². The fourth-order valence-electron chi connectivity index (χ4n) is 2.15. The Hall–Kier alpha value is -1.70. The summed E-state index contributed by atoms with van der Waals surface area (Å²) >= 11 is 1.68. The minimum atomic E-state index is -3.75. The van der Waals surface area contributed by atoms with Crippen LogP contribution in [0.5, 0.6) is 11.5 Å². The predicted molar refractivity (Wildman–Crippen MR) is 95.2 cm³/mol. The molecule has 0 unspecified atom stereocenters. The van der Waals surface area contributed by atoms with Crippen molar-refractivity contribution in [2.45, 2.75) is 16.7 Å². The zero-order chi connectivity index (χ0) is 17.2. The zero-order valence-electron chi connectivity index (χ0n) is 13.5. The van der Waals surface area contributed by atoms with Gasteiger partial charge in [0.05, 0.1) is 10.6 Å². The Kier molecular flexibility index (Phi) is 5.23. The fraction of sp³-hybridized carbons (Fsp3) is 0.250. The van der Waals surface area contributed by atoms with E-state index in [2.05, 4.69) is 0 Å². The van der Waals surface area contributed by atoms with E-state index in [1.54, 1.807) is 22.7 Å². The summed E-state index contributed by atoms with van der Waals surface area (Å²) in [4.78, 5) is 3.03. The van der Waals surface area contributed by atoms with Crippen LogP contribution in [0.15, 0.2) is 46.2 Å². The molecule has 2 rings (SSSR count). The van der Waals surface area contributed by atoms with Gasteiger partial charge >= 0.3 is 0 Å². The molecule has 0 saturated heterocycles. The van der Waals surface area contributed by atoms with E-state index < -0.39 is 10.0 Å². The van der Waals surface area contributed by atoms with Gasteiger partial charge in [0.25, 0.3) is 0 Å². The lowest BCUT2D eigenvalue weighted by Crippen LogP contribution is -2.15. The van der Waals surface area contributed by atoms with Gasteiger partial charge in [0.1, 0.15) is 5.75 Å². The van der Waals surface area contributed by atoms with Crippen LogP contribution in [0, 0.1) is 6.92 Å². The number of hydrogen-bond donors (Lipinski definition) is 1. The Bertz CT molecular complexity index is 818. The van der Waals surface area contributed by atoms with Crippen LogP contribution in [0.25, 0.3) is 0 Å². The Labute approximate surface area is 141 Å². The Morgan fingerprint density at radius 2 is 1.83 bits per heavy atom. The zero-order valence-corrected chi connectivity index (χ0v) is 15.2. The van der Waals surface area contributed by atoms with Crippen molar-refractivity contribution in [3.05, 3.63) is 42.0 Å². The molecule has 0 spiro atoms. The maximum absolute atomic E-state index is 11.5. The average molecular weight is 352 g/mol. The second kappa shape index (κ2) is 6.82. The molecule has 0 fully saturated rings. The molecule has 0 atom stereocenters. The molecule has 0 radical (unpaired) electrons. The first-order valence-corrected chi connectivity index (χ1v) is 9.66. The summed E-state index contributed by atoms with van der Waals surface area (Å²) < 4.78 is 28.9. The highest BCUT2D eigenvalue weighted by Gasteiger charge is 2.14. The van der Waals surface area contributed by atoms with Crippen LogP contribution >= 0.6 is 11.8 Å². The van der Waals surface area contributed by atoms with Gasteiger partial charge in [0, 0.05) is 19.0 Å². The summed E-state index contributed by atoms with van der Waals surface area (Å²) in [6.45, 7) is 2.02. The predicted octanol–water partition coefficient (Wildman–Crippen LogP) is 3.22. The molecule has 2 aromatic rings. The third-order valence-electron chi connectivity index (χ3n) is 3.33. The van der Waals surface area contributed by atoms with Gasteiger partial charge in [-0.05, 0) is 55.1 Å². The Morgan fingerprint density at radius 3 is 2.35 bits per heavy atom. The summed E-state index contributed by atoms with van der Waals surface area (Å²) in [5, 5.41) is 5.19. The molecule has 124 valence electrons. The molecule has 0 heterocycles. The monoisotopic (exact) mass is 352 g/mol. The smallest absolute Gasteiger partial charge is 0.238 e. The lowest BCUT2D eigenvalue weighted by atomic mass is 10.2. The Balaban J connectivity index is 2.41. The molecule has 5 nitrogen and oxygen atoms in total. The first-order valence-electron chi connectivity index (χ1n) is 6.89. The molecule has 0 aliphatic rings. The van der Waals surface area contributed by atoms with Gasteiger partial charge in [-0.15, -0.1) is 11.8 Å². The van der Waals surface area contributed by atoms with E-state index in [0.717, 1.165) is 5.56 Å². The average Bonchev–Trinajstić information content (AvgIpc) is 2.46. The first kappa shape index (κ1) is 17.7. The normalized spacial score (nSPS) is 11.3. The molecule has 0 bridgehead atoms. The molecular weight excluding hydrogens is 332 g/mol. The maximum Gasteiger partial charge on any atom is 0.238 e. The van der Waals surface area contributed by atoms with Crippen molar-refractivity contribution >= 4 is 27.5 Å². The molecule has 0 aromatic heterocycles. The third kappa shape index (κ3) is 4.19. The van der Waals surface area contributed by atoms with Gasteiger partial charge in [-0.25, -0.2) is 13.6 Å².